The van der Waals surface area contributed by atoms with E-state index < -0.39 is 23.2 Å². The Labute approximate surface area is 318 Å². The van der Waals surface area contributed by atoms with Gasteiger partial charge in [-0.3, -0.25) is 14.4 Å². The van der Waals surface area contributed by atoms with Crippen molar-refractivity contribution in [3.05, 3.63) is 110 Å². The minimum atomic E-state index is -4.60. The molecule has 1 aliphatic heterocycles. The summed E-state index contributed by atoms with van der Waals surface area (Å²) in [5.41, 5.74) is 2.18. The third-order valence-corrected chi connectivity index (χ3v) is 9.98. The van der Waals surface area contributed by atoms with Crippen LogP contribution in [0.4, 0.5) is 24.5 Å². The fraction of sp³-hybridized carbons (Fsp3) is 0.342. The Morgan fingerprint density at radius 3 is 2.44 bits per heavy atom. The number of nitrogens with one attached hydrogen (secondary N) is 1. The van der Waals surface area contributed by atoms with Crippen molar-refractivity contribution < 1.29 is 27.5 Å². The van der Waals surface area contributed by atoms with E-state index in [9.17, 15) is 27.6 Å². The molecule has 2 aliphatic rings. The molecule has 0 spiro atoms. The number of allylic oxidation sites excluding steroid dienone is 1. The fourth-order valence-corrected chi connectivity index (χ4v) is 6.87. The summed E-state index contributed by atoms with van der Waals surface area (Å²) in [6.45, 7) is 4.55. The van der Waals surface area contributed by atoms with Crippen molar-refractivity contribution in [2.75, 3.05) is 36.4 Å². The number of piperazine rings is 1. The van der Waals surface area contributed by atoms with E-state index in [1.807, 2.05) is 48.2 Å². The topological polar surface area (TPSA) is 140 Å². The zero-order valence-electron chi connectivity index (χ0n) is 30.1. The zero-order chi connectivity index (χ0) is 38.9. The maximum Gasteiger partial charge on any atom is 0.416 e. The number of carbonyl (C=O) groups is 2. The van der Waals surface area contributed by atoms with Gasteiger partial charge in [0.05, 0.1) is 27.7 Å². The number of hydrogen-bond donors (Lipinski definition) is 1. The molecule has 2 aromatic carbocycles. The van der Waals surface area contributed by atoms with E-state index >= 15 is 0 Å². The van der Waals surface area contributed by atoms with Crippen LogP contribution in [0.1, 0.15) is 65.0 Å². The lowest BCUT2D eigenvalue weighted by atomic mass is 9.92. The molecule has 2 fully saturated rings. The predicted molar refractivity (Wildman–Crippen MR) is 199 cm³/mol. The summed E-state index contributed by atoms with van der Waals surface area (Å²) in [5.74, 6) is -0.167. The van der Waals surface area contributed by atoms with Crippen LogP contribution in [0.3, 0.4) is 0 Å². The van der Waals surface area contributed by atoms with Crippen LogP contribution in [0.15, 0.2) is 65.2 Å². The lowest BCUT2D eigenvalue weighted by Crippen LogP contribution is -2.51. The molecule has 5 aromatic rings. The number of carbonyl (C=O) groups excluding carboxylic acids is 2. The molecule has 4 heterocycles. The Morgan fingerprint density at radius 2 is 1.78 bits per heavy atom. The molecule has 2 amide bonds. The van der Waals surface area contributed by atoms with Gasteiger partial charge in [0.1, 0.15) is 25.2 Å². The smallest absolute Gasteiger partial charge is 0.416 e. The van der Waals surface area contributed by atoms with Gasteiger partial charge in [0.15, 0.2) is 17.3 Å². The molecular weight excluding hydrogens is 739 g/mol. The molecular formula is C38H37ClF3N9O4. The zero-order valence-corrected chi connectivity index (χ0v) is 30.8. The van der Waals surface area contributed by atoms with Crippen LogP contribution in [0.2, 0.25) is 5.02 Å². The van der Waals surface area contributed by atoms with Gasteiger partial charge in [0.2, 0.25) is 11.7 Å². The van der Waals surface area contributed by atoms with Crippen molar-refractivity contribution >= 4 is 46.6 Å². The van der Waals surface area contributed by atoms with Gasteiger partial charge in [-0.1, -0.05) is 54.4 Å². The average molecular weight is 776 g/mol. The Balaban J connectivity index is 1.16. The molecule has 1 N–H and O–H groups in total. The molecule has 0 radical (unpaired) electrons. The summed E-state index contributed by atoms with van der Waals surface area (Å²) in [7, 11) is 0. The number of fused-ring (bicyclic) bond motifs is 1. The number of hydrogen-bond acceptors (Lipinski definition) is 9. The van der Waals surface area contributed by atoms with Gasteiger partial charge in [-0.25, -0.2) is 9.97 Å². The molecule has 1 saturated heterocycles. The summed E-state index contributed by atoms with van der Waals surface area (Å²) in [4.78, 5) is 58.3. The minimum absolute atomic E-state index is 0.000157. The van der Waals surface area contributed by atoms with Gasteiger partial charge < -0.3 is 24.4 Å². The Kier molecular flexibility index (Phi) is 10.6. The Bertz CT molecular complexity index is 2350. The molecule has 1 aliphatic carbocycles. The van der Waals surface area contributed by atoms with Gasteiger partial charge in [0, 0.05) is 26.2 Å². The number of halogens is 4. The number of aryl methyl sites for hydroxylation is 1. The first-order valence-corrected chi connectivity index (χ1v) is 18.2. The van der Waals surface area contributed by atoms with E-state index in [0.29, 0.717) is 35.1 Å². The summed E-state index contributed by atoms with van der Waals surface area (Å²) in [6, 6.07) is 12.2. The van der Waals surface area contributed by atoms with Crippen molar-refractivity contribution in [3.63, 3.8) is 0 Å². The maximum absolute atomic E-state index is 14.2. The summed E-state index contributed by atoms with van der Waals surface area (Å²) < 4.78 is 48.5. The summed E-state index contributed by atoms with van der Waals surface area (Å²) >= 11 is 6.14. The SMILES string of the molecule is CCc1c(N2CCN(C(=O)c3ncnc(C)c3OCc3ccccc3)CC2)c(=O)n2nc(C=C3CCC3)nc2n1CC(=O)Nc1ccc(C(F)(F)F)cc1Cl. The standard InChI is InChI=1S/C38H37ClF3N9O4/c1-3-29-33(48-14-16-49(17-15-48)35(53)32-34(23(2)43-22-44-32)55-21-25-8-5-4-6-9-25)36(54)51-37(46-30(47-51)18-24-10-7-11-24)50(29)20-31(52)45-28-13-12-26(19-27(28)39)38(40,41)42/h4-6,8-9,12-13,18-19,22H,3,7,10-11,14-17,20-21H2,1-2H3,(H,45,52). The number of alkyl halides is 3. The van der Waals surface area contributed by atoms with Crippen molar-refractivity contribution in [2.45, 2.75) is 58.9 Å². The van der Waals surface area contributed by atoms with Crippen LogP contribution >= 0.6 is 11.6 Å². The maximum atomic E-state index is 14.2. The first-order chi connectivity index (χ1) is 26.4. The second-order valence-corrected chi connectivity index (χ2v) is 13.7. The third kappa shape index (κ3) is 7.90. The van der Waals surface area contributed by atoms with Crippen molar-refractivity contribution in [2.24, 2.45) is 0 Å². The van der Waals surface area contributed by atoms with E-state index in [2.05, 4.69) is 25.4 Å². The van der Waals surface area contributed by atoms with Gasteiger partial charge in [-0.05, 0) is 62.4 Å². The van der Waals surface area contributed by atoms with Crippen LogP contribution in [0, 0.1) is 6.92 Å². The number of nitrogens with zero attached hydrogens (tertiary/aromatic N) is 8. The van der Waals surface area contributed by atoms with Crippen LogP contribution in [0.25, 0.3) is 11.9 Å². The van der Waals surface area contributed by atoms with E-state index in [1.165, 1.54) is 10.8 Å². The number of aromatic nitrogens is 6. The molecule has 17 heteroatoms. The van der Waals surface area contributed by atoms with E-state index in [-0.39, 0.29) is 67.4 Å². The Hall–Kier alpha value is -5.77. The van der Waals surface area contributed by atoms with E-state index in [1.54, 1.807) is 16.4 Å². The number of rotatable bonds is 10. The first-order valence-electron chi connectivity index (χ1n) is 17.8. The number of amides is 2. The minimum Gasteiger partial charge on any atom is -0.485 e. The van der Waals surface area contributed by atoms with Crippen molar-refractivity contribution in [1.29, 1.82) is 0 Å². The average Bonchev–Trinajstić information content (AvgIpc) is 3.59. The monoisotopic (exact) mass is 775 g/mol. The van der Waals surface area contributed by atoms with Crippen LogP contribution in [-0.4, -0.2) is 72.0 Å². The highest BCUT2D eigenvalue weighted by molar-refractivity contribution is 6.33. The fourth-order valence-electron chi connectivity index (χ4n) is 6.64. The second kappa shape index (κ2) is 15.5. The van der Waals surface area contributed by atoms with Gasteiger partial charge in [-0.15, -0.1) is 5.10 Å². The Morgan fingerprint density at radius 1 is 1.04 bits per heavy atom. The normalized spacial score (nSPS) is 14.5. The molecule has 7 rings (SSSR count). The molecule has 13 nitrogen and oxygen atoms in total. The van der Waals surface area contributed by atoms with Crippen molar-refractivity contribution in [1.82, 2.24) is 34.0 Å². The van der Waals surface area contributed by atoms with Gasteiger partial charge in [-0.2, -0.15) is 22.7 Å². The highest BCUT2D eigenvalue weighted by Crippen LogP contribution is 2.34. The molecule has 1 saturated carbocycles. The molecule has 0 bridgehead atoms. The first kappa shape index (κ1) is 37.5. The lowest BCUT2D eigenvalue weighted by molar-refractivity contribution is -0.137. The molecule has 0 atom stereocenters. The van der Waals surface area contributed by atoms with E-state index in [4.69, 9.17) is 16.3 Å². The number of benzene rings is 2. The van der Waals surface area contributed by atoms with Gasteiger partial charge in [0.25, 0.3) is 11.5 Å². The largest absolute Gasteiger partial charge is 0.485 e. The molecule has 0 unspecified atom stereocenters. The number of anilines is 2. The second-order valence-electron chi connectivity index (χ2n) is 13.3. The summed E-state index contributed by atoms with van der Waals surface area (Å²) in [6.07, 6.45) is 1.74. The molecule has 3 aromatic heterocycles. The predicted octanol–water partition coefficient (Wildman–Crippen LogP) is 5.97. The molecule has 55 heavy (non-hydrogen) atoms. The van der Waals surface area contributed by atoms with Crippen molar-refractivity contribution in [3.8, 4) is 5.75 Å². The van der Waals surface area contributed by atoms with Gasteiger partial charge >= 0.3 is 6.18 Å². The van der Waals surface area contributed by atoms with Crippen LogP contribution in [0.5, 0.6) is 5.75 Å². The number of ether oxygens (including phenoxy) is 1. The third-order valence-electron chi connectivity index (χ3n) is 9.67. The van der Waals surface area contributed by atoms with E-state index in [0.717, 1.165) is 48.6 Å². The quantitative estimate of drug-likeness (QED) is 0.182. The summed E-state index contributed by atoms with van der Waals surface area (Å²) in [5, 5.41) is 6.84. The molecule has 286 valence electrons. The highest BCUT2D eigenvalue weighted by atomic mass is 35.5. The highest BCUT2D eigenvalue weighted by Gasteiger charge is 2.32. The lowest BCUT2D eigenvalue weighted by Gasteiger charge is -2.36. The van der Waals surface area contributed by atoms with Crippen LogP contribution < -0.4 is 20.5 Å². The van der Waals surface area contributed by atoms with Crippen LogP contribution in [-0.2, 0) is 30.5 Å².